The fraction of sp³-hybridized carbons (Fsp3) is 0.400. The first kappa shape index (κ1) is 11.3. The second-order valence-electron chi connectivity index (χ2n) is 2.77. The zero-order valence-electron chi connectivity index (χ0n) is 7.93. The number of rotatable bonds is 5. The van der Waals surface area contributed by atoms with E-state index in [1.807, 2.05) is 0 Å². The Morgan fingerprint density at radius 2 is 2.07 bits per heavy atom. The highest BCUT2D eigenvalue weighted by Crippen LogP contribution is 2.17. The highest BCUT2D eigenvalue weighted by molar-refractivity contribution is 6.17. The molecule has 0 spiro atoms. The number of hydrogen-bond donors (Lipinski definition) is 0. The van der Waals surface area contributed by atoms with Crippen LogP contribution in [0.4, 0.5) is 4.39 Å². The number of methoxy groups -OCH3 is 1. The molecule has 1 aromatic carbocycles. The fourth-order valence-corrected chi connectivity index (χ4v) is 1.18. The van der Waals surface area contributed by atoms with Crippen LogP contribution in [0.3, 0.4) is 0 Å². The first-order chi connectivity index (χ1) is 6.76. The Kier molecular flexibility index (Phi) is 4.70. The number of hydrogen-bond acceptors (Lipinski definition) is 2. The highest BCUT2D eigenvalue weighted by Gasteiger charge is 2.00. The number of benzene rings is 1. The molecule has 0 aromatic heterocycles. The summed E-state index contributed by atoms with van der Waals surface area (Å²) >= 11 is 5.59. The molecule has 0 N–H and O–H groups in total. The molecule has 0 aliphatic rings. The summed E-state index contributed by atoms with van der Waals surface area (Å²) in [6.45, 7) is 0.883. The van der Waals surface area contributed by atoms with Gasteiger partial charge in [0.1, 0.15) is 18.2 Å². The third kappa shape index (κ3) is 3.52. The van der Waals surface area contributed by atoms with Crippen molar-refractivity contribution >= 4 is 11.6 Å². The van der Waals surface area contributed by atoms with Gasteiger partial charge in [0.2, 0.25) is 0 Å². The standard InChI is InChI=1S/C10H12ClFO2/c1-13-2-3-14-10-5-8(7-11)4-9(12)6-10/h4-6H,2-3,7H2,1H3. The molecule has 0 unspecified atom stereocenters. The Morgan fingerprint density at radius 1 is 1.29 bits per heavy atom. The van der Waals surface area contributed by atoms with Gasteiger partial charge in [0, 0.05) is 19.1 Å². The maximum Gasteiger partial charge on any atom is 0.127 e. The van der Waals surface area contributed by atoms with Crippen LogP contribution in [0.2, 0.25) is 0 Å². The van der Waals surface area contributed by atoms with Gasteiger partial charge in [-0.3, -0.25) is 0 Å². The average Bonchev–Trinajstić information content (AvgIpc) is 2.17. The van der Waals surface area contributed by atoms with E-state index in [1.54, 1.807) is 13.2 Å². The lowest BCUT2D eigenvalue weighted by Gasteiger charge is -2.06. The van der Waals surface area contributed by atoms with Gasteiger partial charge in [-0.1, -0.05) is 0 Å². The SMILES string of the molecule is COCCOc1cc(F)cc(CCl)c1. The van der Waals surface area contributed by atoms with Crippen molar-refractivity contribution in [3.63, 3.8) is 0 Å². The minimum absolute atomic E-state index is 0.276. The summed E-state index contributed by atoms with van der Waals surface area (Å²) in [7, 11) is 1.58. The Labute approximate surface area is 87.6 Å². The zero-order chi connectivity index (χ0) is 10.4. The van der Waals surface area contributed by atoms with E-state index >= 15 is 0 Å². The summed E-state index contributed by atoms with van der Waals surface area (Å²) in [6, 6.07) is 4.42. The van der Waals surface area contributed by atoms with Gasteiger partial charge in [-0.2, -0.15) is 0 Å². The molecule has 1 aromatic rings. The van der Waals surface area contributed by atoms with Crippen molar-refractivity contribution in [2.75, 3.05) is 20.3 Å². The second-order valence-corrected chi connectivity index (χ2v) is 3.04. The van der Waals surface area contributed by atoms with Gasteiger partial charge in [-0.15, -0.1) is 11.6 Å². The van der Waals surface area contributed by atoms with Crippen LogP contribution < -0.4 is 4.74 Å². The van der Waals surface area contributed by atoms with Crippen LogP contribution in [0.5, 0.6) is 5.75 Å². The van der Waals surface area contributed by atoms with Crippen molar-refractivity contribution in [3.05, 3.63) is 29.6 Å². The van der Waals surface area contributed by atoms with Gasteiger partial charge in [0.25, 0.3) is 0 Å². The molecule has 0 atom stereocenters. The zero-order valence-corrected chi connectivity index (χ0v) is 8.68. The van der Waals surface area contributed by atoms with Gasteiger partial charge in [0.05, 0.1) is 6.61 Å². The molecule has 0 fully saturated rings. The van der Waals surface area contributed by atoms with E-state index in [9.17, 15) is 4.39 Å². The normalized spacial score (nSPS) is 10.2. The molecule has 0 amide bonds. The molecule has 1 rings (SSSR count). The highest BCUT2D eigenvalue weighted by atomic mass is 35.5. The summed E-state index contributed by atoms with van der Waals surface area (Å²) in [5.74, 6) is 0.423. The average molecular weight is 219 g/mol. The van der Waals surface area contributed by atoms with Crippen LogP contribution >= 0.6 is 11.6 Å². The first-order valence-corrected chi connectivity index (χ1v) is 4.77. The van der Waals surface area contributed by atoms with Gasteiger partial charge in [0.15, 0.2) is 0 Å². The van der Waals surface area contributed by atoms with Crippen LogP contribution in [0, 0.1) is 5.82 Å². The van der Waals surface area contributed by atoms with E-state index in [4.69, 9.17) is 21.1 Å². The Balaban J connectivity index is 2.62. The number of alkyl halides is 1. The lowest BCUT2D eigenvalue weighted by Crippen LogP contribution is -2.04. The van der Waals surface area contributed by atoms with Crippen molar-refractivity contribution in [2.24, 2.45) is 0 Å². The predicted molar refractivity (Wildman–Crippen MR) is 53.3 cm³/mol. The molecule has 0 aliphatic heterocycles. The third-order valence-electron chi connectivity index (χ3n) is 1.64. The van der Waals surface area contributed by atoms with Crippen LogP contribution in [0.1, 0.15) is 5.56 Å². The second kappa shape index (κ2) is 5.83. The molecular formula is C10H12ClFO2. The molecule has 0 radical (unpaired) electrons. The third-order valence-corrected chi connectivity index (χ3v) is 1.95. The summed E-state index contributed by atoms with van der Waals surface area (Å²) in [4.78, 5) is 0. The maximum atomic E-state index is 13.0. The Morgan fingerprint density at radius 3 is 2.71 bits per heavy atom. The fourth-order valence-electron chi connectivity index (χ4n) is 1.02. The molecule has 0 heterocycles. The molecule has 2 nitrogen and oxygen atoms in total. The molecule has 4 heteroatoms. The van der Waals surface area contributed by atoms with Crippen LogP contribution in [-0.4, -0.2) is 20.3 Å². The minimum atomic E-state index is -0.337. The van der Waals surface area contributed by atoms with Crippen LogP contribution in [-0.2, 0) is 10.6 Å². The van der Waals surface area contributed by atoms with Crippen molar-refractivity contribution in [1.29, 1.82) is 0 Å². The molecular weight excluding hydrogens is 207 g/mol. The number of ether oxygens (including phenoxy) is 2. The van der Waals surface area contributed by atoms with Gasteiger partial charge >= 0.3 is 0 Å². The van der Waals surface area contributed by atoms with Crippen LogP contribution in [0.25, 0.3) is 0 Å². The molecule has 0 saturated heterocycles. The summed E-state index contributed by atoms with van der Waals surface area (Å²) in [5, 5.41) is 0. The number of halogens is 2. The van der Waals surface area contributed by atoms with E-state index < -0.39 is 0 Å². The van der Waals surface area contributed by atoms with Gasteiger partial charge in [-0.25, -0.2) is 4.39 Å². The van der Waals surface area contributed by atoms with E-state index in [0.717, 1.165) is 0 Å². The molecule has 14 heavy (non-hydrogen) atoms. The minimum Gasteiger partial charge on any atom is -0.491 e. The summed E-state index contributed by atoms with van der Waals surface area (Å²) in [5.41, 5.74) is 0.707. The largest absolute Gasteiger partial charge is 0.491 e. The molecule has 0 aliphatic carbocycles. The van der Waals surface area contributed by atoms with Gasteiger partial charge < -0.3 is 9.47 Å². The molecule has 78 valence electrons. The Bertz CT molecular complexity index is 291. The predicted octanol–water partition coefficient (Wildman–Crippen LogP) is 2.59. The van der Waals surface area contributed by atoms with E-state index in [0.29, 0.717) is 24.5 Å². The lowest BCUT2D eigenvalue weighted by molar-refractivity contribution is 0.146. The first-order valence-electron chi connectivity index (χ1n) is 4.23. The van der Waals surface area contributed by atoms with Crippen molar-refractivity contribution < 1.29 is 13.9 Å². The van der Waals surface area contributed by atoms with Crippen molar-refractivity contribution in [3.8, 4) is 5.75 Å². The maximum absolute atomic E-state index is 13.0. The van der Waals surface area contributed by atoms with Crippen LogP contribution in [0.15, 0.2) is 18.2 Å². The van der Waals surface area contributed by atoms with Crippen molar-refractivity contribution in [2.45, 2.75) is 5.88 Å². The summed E-state index contributed by atoms with van der Waals surface area (Å²) < 4.78 is 23.0. The topological polar surface area (TPSA) is 18.5 Å². The van der Waals surface area contributed by atoms with Crippen molar-refractivity contribution in [1.82, 2.24) is 0 Å². The molecule has 0 bridgehead atoms. The molecule has 0 saturated carbocycles. The van der Waals surface area contributed by atoms with E-state index in [2.05, 4.69) is 0 Å². The lowest BCUT2D eigenvalue weighted by atomic mass is 10.2. The van der Waals surface area contributed by atoms with Gasteiger partial charge in [-0.05, 0) is 17.7 Å². The monoisotopic (exact) mass is 218 g/mol. The van der Waals surface area contributed by atoms with E-state index in [1.165, 1.54) is 12.1 Å². The Hall–Kier alpha value is -0.800. The quantitative estimate of drug-likeness (QED) is 0.559. The summed E-state index contributed by atoms with van der Waals surface area (Å²) in [6.07, 6.45) is 0. The smallest absolute Gasteiger partial charge is 0.127 e. The van der Waals surface area contributed by atoms with E-state index in [-0.39, 0.29) is 11.7 Å².